The van der Waals surface area contributed by atoms with Crippen LogP contribution in [-0.4, -0.2) is 6.54 Å². The number of nitrogens with two attached hydrogens (primary N) is 1. The second-order valence-electron chi connectivity index (χ2n) is 6.00. The van der Waals surface area contributed by atoms with Crippen LogP contribution in [0.25, 0.3) is 0 Å². The molecule has 3 rings (SSSR count). The van der Waals surface area contributed by atoms with Crippen molar-refractivity contribution in [3.05, 3.63) is 34.9 Å². The molecular weight excluding hydrogens is 206 g/mol. The summed E-state index contributed by atoms with van der Waals surface area (Å²) in [4.78, 5) is 0. The van der Waals surface area contributed by atoms with Crippen LogP contribution in [0.15, 0.2) is 18.2 Å². The minimum atomic E-state index is 0.441. The van der Waals surface area contributed by atoms with Gasteiger partial charge < -0.3 is 5.73 Å². The number of fused-ring (bicyclic) bond motifs is 2. The van der Waals surface area contributed by atoms with Gasteiger partial charge in [-0.2, -0.15) is 0 Å². The highest BCUT2D eigenvalue weighted by Crippen LogP contribution is 2.51. The quantitative estimate of drug-likeness (QED) is 0.785. The fraction of sp³-hybridized carbons (Fsp3) is 0.625. The average molecular weight is 229 g/mol. The van der Waals surface area contributed by atoms with Gasteiger partial charge in [-0.25, -0.2) is 0 Å². The lowest BCUT2D eigenvalue weighted by Crippen LogP contribution is -2.41. The Balaban J connectivity index is 2.10. The molecule has 92 valence electrons. The molecule has 0 aromatic heterocycles. The molecule has 0 saturated heterocycles. The zero-order chi connectivity index (χ0) is 11.9. The Kier molecular flexibility index (Phi) is 2.74. The lowest BCUT2D eigenvalue weighted by molar-refractivity contribution is 0.244. The molecule has 1 atom stereocenters. The second-order valence-corrected chi connectivity index (χ2v) is 6.00. The van der Waals surface area contributed by atoms with Crippen LogP contribution in [0.2, 0.25) is 0 Å². The third-order valence-corrected chi connectivity index (χ3v) is 5.12. The van der Waals surface area contributed by atoms with Gasteiger partial charge in [0.15, 0.2) is 0 Å². The summed E-state index contributed by atoms with van der Waals surface area (Å²) in [5.41, 5.74) is 11.1. The van der Waals surface area contributed by atoms with Crippen LogP contribution in [0.5, 0.6) is 0 Å². The SMILES string of the molecule is Cc1ccc2c(c1)CCC(CN)C21CCCC1. The highest BCUT2D eigenvalue weighted by atomic mass is 14.6. The van der Waals surface area contributed by atoms with E-state index in [0.29, 0.717) is 5.41 Å². The highest BCUT2D eigenvalue weighted by molar-refractivity contribution is 5.41. The molecule has 0 aliphatic heterocycles. The normalized spacial score (nSPS) is 26.1. The van der Waals surface area contributed by atoms with E-state index in [1.165, 1.54) is 44.1 Å². The van der Waals surface area contributed by atoms with E-state index >= 15 is 0 Å². The molecule has 2 N–H and O–H groups in total. The number of hydrogen-bond donors (Lipinski definition) is 1. The molecule has 1 nitrogen and oxygen atoms in total. The van der Waals surface area contributed by atoms with Crippen LogP contribution in [0.3, 0.4) is 0 Å². The van der Waals surface area contributed by atoms with Gasteiger partial charge in [-0.1, -0.05) is 36.6 Å². The van der Waals surface area contributed by atoms with Gasteiger partial charge in [-0.3, -0.25) is 0 Å². The Bertz CT molecular complexity index is 416. The molecule has 1 unspecified atom stereocenters. The fourth-order valence-electron chi connectivity index (χ4n) is 4.27. The van der Waals surface area contributed by atoms with Crippen molar-refractivity contribution in [2.75, 3.05) is 6.54 Å². The molecule has 2 aliphatic carbocycles. The summed E-state index contributed by atoms with van der Waals surface area (Å²) in [6, 6.07) is 7.09. The summed E-state index contributed by atoms with van der Waals surface area (Å²) in [6.45, 7) is 3.07. The number of rotatable bonds is 1. The monoisotopic (exact) mass is 229 g/mol. The Morgan fingerprint density at radius 2 is 2.06 bits per heavy atom. The maximum Gasteiger partial charge on any atom is -0.000391 e. The van der Waals surface area contributed by atoms with Gasteiger partial charge in [0.2, 0.25) is 0 Å². The molecule has 1 aromatic carbocycles. The maximum absolute atomic E-state index is 6.04. The van der Waals surface area contributed by atoms with Crippen LogP contribution >= 0.6 is 0 Å². The largest absolute Gasteiger partial charge is 0.330 e. The van der Waals surface area contributed by atoms with E-state index in [4.69, 9.17) is 5.73 Å². The first-order valence-corrected chi connectivity index (χ1v) is 7.06. The third-order valence-electron chi connectivity index (χ3n) is 5.12. The van der Waals surface area contributed by atoms with Gasteiger partial charge >= 0.3 is 0 Å². The van der Waals surface area contributed by atoms with Crippen LogP contribution in [0, 0.1) is 12.8 Å². The van der Waals surface area contributed by atoms with Crippen molar-refractivity contribution in [2.45, 2.75) is 50.9 Å². The first-order chi connectivity index (χ1) is 8.26. The van der Waals surface area contributed by atoms with Crippen molar-refractivity contribution in [1.29, 1.82) is 0 Å². The summed E-state index contributed by atoms with van der Waals surface area (Å²) in [5.74, 6) is 0.722. The van der Waals surface area contributed by atoms with Crippen molar-refractivity contribution < 1.29 is 0 Å². The fourth-order valence-corrected chi connectivity index (χ4v) is 4.27. The zero-order valence-corrected chi connectivity index (χ0v) is 10.8. The maximum atomic E-state index is 6.04. The number of aryl methyl sites for hydroxylation is 2. The van der Waals surface area contributed by atoms with E-state index in [2.05, 4.69) is 25.1 Å². The standard InChI is InChI=1S/C16H23N/c1-12-4-7-15-13(10-12)5-6-14(11-17)16(15)8-2-3-9-16/h4,7,10,14H,2-3,5-6,8-9,11,17H2,1H3. The van der Waals surface area contributed by atoms with Gasteiger partial charge in [0.1, 0.15) is 0 Å². The van der Waals surface area contributed by atoms with E-state index in [1.54, 1.807) is 11.1 Å². The van der Waals surface area contributed by atoms with Crippen molar-refractivity contribution in [1.82, 2.24) is 0 Å². The van der Waals surface area contributed by atoms with Crippen LogP contribution < -0.4 is 5.73 Å². The molecule has 1 heteroatoms. The lowest BCUT2D eigenvalue weighted by Gasteiger charge is -2.43. The van der Waals surface area contributed by atoms with Gasteiger partial charge in [0.25, 0.3) is 0 Å². The Labute approximate surface area is 104 Å². The molecule has 0 amide bonds. The Morgan fingerprint density at radius 1 is 1.29 bits per heavy atom. The van der Waals surface area contributed by atoms with Crippen molar-refractivity contribution in [2.24, 2.45) is 11.7 Å². The van der Waals surface area contributed by atoms with Gasteiger partial charge in [-0.05, 0) is 61.6 Å². The molecule has 2 aliphatic rings. The molecule has 1 aromatic rings. The van der Waals surface area contributed by atoms with Gasteiger partial charge in [-0.15, -0.1) is 0 Å². The minimum Gasteiger partial charge on any atom is -0.330 e. The number of benzene rings is 1. The van der Waals surface area contributed by atoms with E-state index in [-0.39, 0.29) is 0 Å². The molecular formula is C16H23N. The zero-order valence-electron chi connectivity index (χ0n) is 10.8. The Hall–Kier alpha value is -0.820. The van der Waals surface area contributed by atoms with Crippen LogP contribution in [-0.2, 0) is 11.8 Å². The molecule has 17 heavy (non-hydrogen) atoms. The molecule has 0 heterocycles. The Morgan fingerprint density at radius 3 is 2.76 bits per heavy atom. The van der Waals surface area contributed by atoms with Gasteiger partial charge in [0.05, 0.1) is 0 Å². The van der Waals surface area contributed by atoms with E-state index < -0.39 is 0 Å². The van der Waals surface area contributed by atoms with Crippen molar-refractivity contribution >= 4 is 0 Å². The van der Waals surface area contributed by atoms with E-state index in [9.17, 15) is 0 Å². The van der Waals surface area contributed by atoms with E-state index in [0.717, 1.165) is 12.5 Å². The lowest BCUT2D eigenvalue weighted by atomic mass is 9.62. The molecule has 1 spiro atoms. The summed E-state index contributed by atoms with van der Waals surface area (Å²) in [5, 5.41) is 0. The van der Waals surface area contributed by atoms with Gasteiger partial charge in [0, 0.05) is 0 Å². The predicted octanol–water partition coefficient (Wildman–Crippen LogP) is 3.33. The first kappa shape index (κ1) is 11.3. The summed E-state index contributed by atoms with van der Waals surface area (Å²) in [7, 11) is 0. The molecule has 1 saturated carbocycles. The summed E-state index contributed by atoms with van der Waals surface area (Å²) >= 11 is 0. The first-order valence-electron chi connectivity index (χ1n) is 7.06. The minimum absolute atomic E-state index is 0.441. The summed E-state index contributed by atoms with van der Waals surface area (Å²) < 4.78 is 0. The molecule has 1 fully saturated rings. The average Bonchev–Trinajstić information content (AvgIpc) is 2.79. The second kappa shape index (κ2) is 4.13. The molecule has 0 bridgehead atoms. The van der Waals surface area contributed by atoms with E-state index in [1.807, 2.05) is 0 Å². The third kappa shape index (κ3) is 1.63. The smallest absolute Gasteiger partial charge is 0.000391 e. The number of hydrogen-bond acceptors (Lipinski definition) is 1. The predicted molar refractivity (Wildman–Crippen MR) is 72.2 cm³/mol. The summed E-state index contributed by atoms with van der Waals surface area (Å²) in [6.07, 6.45) is 8.05. The van der Waals surface area contributed by atoms with Crippen molar-refractivity contribution in [3.63, 3.8) is 0 Å². The highest BCUT2D eigenvalue weighted by Gasteiger charge is 2.44. The topological polar surface area (TPSA) is 26.0 Å². The van der Waals surface area contributed by atoms with Crippen molar-refractivity contribution in [3.8, 4) is 0 Å². The van der Waals surface area contributed by atoms with Crippen LogP contribution in [0.4, 0.5) is 0 Å². The molecule has 0 radical (unpaired) electrons. The van der Waals surface area contributed by atoms with Crippen LogP contribution in [0.1, 0.15) is 48.8 Å².